The van der Waals surface area contributed by atoms with Gasteiger partial charge in [0, 0.05) is 12.4 Å². The van der Waals surface area contributed by atoms with E-state index in [1.165, 1.54) is 7.05 Å². The Kier molecular flexibility index (Phi) is 5.32. The first kappa shape index (κ1) is 7.04. The summed E-state index contributed by atoms with van der Waals surface area (Å²) in [6.45, 7) is 0. The van der Waals surface area contributed by atoms with E-state index in [4.69, 9.17) is 0 Å². The number of hydrogen-bond acceptors (Lipinski definition) is 3. The first-order chi connectivity index (χ1) is 4.00. The van der Waals surface area contributed by atoms with Gasteiger partial charge in [0.2, 0.25) is 0 Å². The zero-order valence-corrected chi connectivity index (χ0v) is 4.78. The molecule has 0 fully saturated rings. The lowest BCUT2D eigenvalue weighted by Crippen LogP contribution is -1.69. The topological polar surface area (TPSA) is 51.8 Å². The number of nitrogens with zero attached hydrogens (tertiary/aromatic N) is 2. The van der Waals surface area contributed by atoms with Gasteiger partial charge in [0.1, 0.15) is 0 Å². The molecule has 0 aliphatic heterocycles. The summed E-state index contributed by atoms with van der Waals surface area (Å²) in [6.07, 6.45) is 3.28. The predicted octanol–water partition coefficient (Wildman–Crippen LogP) is 0.0515. The molecular formula is C5H9N3. The number of aromatic nitrogens is 2. The maximum Gasteiger partial charge on any atom is 0.0496 e. The summed E-state index contributed by atoms with van der Waals surface area (Å²) in [5.41, 5.74) is 4.50. The zero-order valence-electron chi connectivity index (χ0n) is 4.78. The molecule has 8 heavy (non-hydrogen) atoms. The van der Waals surface area contributed by atoms with E-state index in [9.17, 15) is 0 Å². The van der Waals surface area contributed by atoms with E-state index >= 15 is 0 Å². The fourth-order valence-corrected chi connectivity index (χ4v) is 0.253. The van der Waals surface area contributed by atoms with E-state index in [-0.39, 0.29) is 0 Å². The van der Waals surface area contributed by atoms with Crippen LogP contribution in [0.3, 0.4) is 0 Å². The van der Waals surface area contributed by atoms with Gasteiger partial charge in [0.25, 0.3) is 0 Å². The zero-order chi connectivity index (χ0) is 6.24. The van der Waals surface area contributed by atoms with Crippen molar-refractivity contribution in [2.24, 2.45) is 5.73 Å². The minimum atomic E-state index is 1.50. The van der Waals surface area contributed by atoms with Crippen LogP contribution in [-0.2, 0) is 0 Å². The molecule has 0 bridgehead atoms. The smallest absolute Gasteiger partial charge is 0.0496 e. The molecule has 1 rings (SSSR count). The van der Waals surface area contributed by atoms with Gasteiger partial charge in [-0.1, -0.05) is 0 Å². The van der Waals surface area contributed by atoms with Crippen LogP contribution >= 0.6 is 0 Å². The first-order valence-electron chi connectivity index (χ1n) is 2.29. The lowest BCUT2D eigenvalue weighted by molar-refractivity contribution is 1.03. The van der Waals surface area contributed by atoms with Crippen LogP contribution in [-0.4, -0.2) is 17.2 Å². The Balaban J connectivity index is 0.000000222. The third-order valence-corrected chi connectivity index (χ3v) is 0.483. The summed E-state index contributed by atoms with van der Waals surface area (Å²) >= 11 is 0. The number of hydrogen-bond donors (Lipinski definition) is 1. The molecule has 44 valence electrons. The maximum absolute atomic E-state index is 4.50. The van der Waals surface area contributed by atoms with Crippen LogP contribution in [0.15, 0.2) is 24.5 Å². The highest BCUT2D eigenvalue weighted by molar-refractivity contribution is 4.79. The molecular weight excluding hydrogens is 102 g/mol. The van der Waals surface area contributed by atoms with Gasteiger partial charge in [-0.15, -0.1) is 0 Å². The summed E-state index contributed by atoms with van der Waals surface area (Å²) in [6, 6.07) is 3.65. The maximum atomic E-state index is 4.50. The van der Waals surface area contributed by atoms with Crippen LogP contribution in [0.2, 0.25) is 0 Å². The SMILES string of the molecule is CN.c1ccnnc1. The van der Waals surface area contributed by atoms with Gasteiger partial charge in [0.05, 0.1) is 0 Å². The van der Waals surface area contributed by atoms with Crippen molar-refractivity contribution in [3.05, 3.63) is 24.5 Å². The average molecular weight is 111 g/mol. The van der Waals surface area contributed by atoms with Crippen molar-refractivity contribution < 1.29 is 0 Å². The van der Waals surface area contributed by atoms with Gasteiger partial charge < -0.3 is 5.73 Å². The summed E-state index contributed by atoms with van der Waals surface area (Å²) in [5, 5.41) is 7.07. The van der Waals surface area contributed by atoms with Gasteiger partial charge in [-0.2, -0.15) is 10.2 Å². The molecule has 0 aliphatic rings. The van der Waals surface area contributed by atoms with Crippen molar-refractivity contribution in [1.29, 1.82) is 0 Å². The van der Waals surface area contributed by atoms with E-state index < -0.39 is 0 Å². The van der Waals surface area contributed by atoms with E-state index in [1.807, 2.05) is 12.1 Å². The molecule has 0 spiro atoms. The van der Waals surface area contributed by atoms with Crippen LogP contribution in [0.5, 0.6) is 0 Å². The van der Waals surface area contributed by atoms with E-state index in [2.05, 4.69) is 15.9 Å². The number of rotatable bonds is 0. The van der Waals surface area contributed by atoms with Gasteiger partial charge in [-0.3, -0.25) is 0 Å². The highest BCUT2D eigenvalue weighted by Crippen LogP contribution is 1.68. The van der Waals surface area contributed by atoms with Crippen LogP contribution in [0.4, 0.5) is 0 Å². The van der Waals surface area contributed by atoms with Crippen molar-refractivity contribution >= 4 is 0 Å². The van der Waals surface area contributed by atoms with Crippen molar-refractivity contribution in [3.63, 3.8) is 0 Å². The molecule has 0 unspecified atom stereocenters. The Morgan fingerprint density at radius 1 is 1.00 bits per heavy atom. The van der Waals surface area contributed by atoms with E-state index in [0.717, 1.165) is 0 Å². The molecule has 2 N–H and O–H groups in total. The van der Waals surface area contributed by atoms with Gasteiger partial charge in [-0.05, 0) is 19.2 Å². The molecule has 1 aromatic rings. The average Bonchev–Trinajstić information content (AvgIpc) is 1.96. The van der Waals surface area contributed by atoms with Crippen molar-refractivity contribution in [2.75, 3.05) is 7.05 Å². The number of nitrogens with two attached hydrogens (primary N) is 1. The second kappa shape index (κ2) is 6.04. The molecule has 1 heterocycles. The van der Waals surface area contributed by atoms with Crippen LogP contribution < -0.4 is 5.73 Å². The standard InChI is InChI=1S/C4H4N2.CH5N/c1-2-4-6-5-3-1;1-2/h1-4H;2H2,1H3. The van der Waals surface area contributed by atoms with Crippen molar-refractivity contribution in [3.8, 4) is 0 Å². The molecule has 0 radical (unpaired) electrons. The fourth-order valence-electron chi connectivity index (χ4n) is 0.253. The molecule has 0 aromatic carbocycles. The Hall–Kier alpha value is -0.960. The molecule has 3 nitrogen and oxygen atoms in total. The molecule has 0 saturated carbocycles. The van der Waals surface area contributed by atoms with Gasteiger partial charge >= 0.3 is 0 Å². The summed E-state index contributed by atoms with van der Waals surface area (Å²) in [4.78, 5) is 0. The normalized spacial score (nSPS) is 6.75. The van der Waals surface area contributed by atoms with Gasteiger partial charge in [-0.25, -0.2) is 0 Å². The summed E-state index contributed by atoms with van der Waals surface area (Å²) in [5.74, 6) is 0. The Morgan fingerprint density at radius 2 is 1.38 bits per heavy atom. The Morgan fingerprint density at radius 3 is 1.50 bits per heavy atom. The second-order valence-electron chi connectivity index (χ2n) is 0.914. The third kappa shape index (κ3) is 3.24. The Bertz CT molecular complexity index is 79.6. The quantitative estimate of drug-likeness (QED) is 0.514. The minimum absolute atomic E-state index is 1.50. The fraction of sp³-hybridized carbons (Fsp3) is 0.200. The predicted molar refractivity (Wildman–Crippen MR) is 32.1 cm³/mol. The Labute approximate surface area is 48.5 Å². The minimum Gasteiger partial charge on any atom is -0.333 e. The molecule has 0 saturated heterocycles. The van der Waals surface area contributed by atoms with Crippen LogP contribution in [0.25, 0.3) is 0 Å². The molecule has 3 heteroatoms. The monoisotopic (exact) mass is 111 g/mol. The molecule has 0 atom stereocenters. The highest BCUT2D eigenvalue weighted by atomic mass is 15.1. The largest absolute Gasteiger partial charge is 0.333 e. The summed E-state index contributed by atoms with van der Waals surface area (Å²) in [7, 11) is 1.50. The third-order valence-electron chi connectivity index (χ3n) is 0.483. The van der Waals surface area contributed by atoms with Crippen LogP contribution in [0, 0.1) is 0 Å². The lowest BCUT2D eigenvalue weighted by Gasteiger charge is -1.69. The first-order valence-corrected chi connectivity index (χ1v) is 2.29. The van der Waals surface area contributed by atoms with E-state index in [1.54, 1.807) is 12.4 Å². The lowest BCUT2D eigenvalue weighted by atomic mass is 10.6. The van der Waals surface area contributed by atoms with Gasteiger partial charge in [0.15, 0.2) is 0 Å². The highest BCUT2D eigenvalue weighted by Gasteiger charge is 1.59. The molecule has 0 amide bonds. The van der Waals surface area contributed by atoms with Crippen molar-refractivity contribution in [1.82, 2.24) is 10.2 Å². The molecule has 1 aromatic heterocycles. The summed E-state index contributed by atoms with van der Waals surface area (Å²) < 4.78 is 0. The van der Waals surface area contributed by atoms with Crippen molar-refractivity contribution in [2.45, 2.75) is 0 Å². The second-order valence-corrected chi connectivity index (χ2v) is 0.914. The van der Waals surface area contributed by atoms with E-state index in [0.29, 0.717) is 0 Å². The molecule has 0 aliphatic carbocycles. The van der Waals surface area contributed by atoms with Crippen LogP contribution in [0.1, 0.15) is 0 Å².